The van der Waals surface area contributed by atoms with Gasteiger partial charge in [-0.2, -0.15) is 0 Å². The molecule has 0 aromatic heterocycles. The Morgan fingerprint density at radius 2 is 1.82 bits per heavy atom. The van der Waals surface area contributed by atoms with E-state index in [9.17, 15) is 4.79 Å². The molecule has 0 rings (SSSR count). The zero-order valence-corrected chi connectivity index (χ0v) is 15.6. The Morgan fingerprint density at radius 1 is 1.23 bits per heavy atom. The molecule has 2 unspecified atom stereocenters. The van der Waals surface area contributed by atoms with Crippen molar-refractivity contribution in [3.63, 3.8) is 0 Å². The van der Waals surface area contributed by atoms with Crippen LogP contribution in [0.3, 0.4) is 0 Å². The summed E-state index contributed by atoms with van der Waals surface area (Å²) in [7, 11) is 0. The molecule has 0 aromatic carbocycles. The largest absolute Gasteiger partial charge is 0.343 e. The quantitative estimate of drug-likeness (QED) is 0.455. The molecular weight excluding hydrogens is 274 g/mol. The minimum Gasteiger partial charge on any atom is -0.343 e. The second-order valence-electron chi connectivity index (χ2n) is 7.47. The van der Waals surface area contributed by atoms with Crippen LogP contribution in [0.25, 0.3) is 0 Å². The van der Waals surface area contributed by atoms with Crippen LogP contribution < -0.4 is 11.1 Å². The average Bonchev–Trinajstić information content (AvgIpc) is 2.38. The molecule has 0 radical (unpaired) electrons. The van der Waals surface area contributed by atoms with E-state index in [1.165, 1.54) is 0 Å². The van der Waals surface area contributed by atoms with Gasteiger partial charge in [-0.15, -0.1) is 0 Å². The first-order valence-corrected chi connectivity index (χ1v) is 8.45. The van der Waals surface area contributed by atoms with E-state index in [4.69, 9.17) is 5.73 Å². The summed E-state index contributed by atoms with van der Waals surface area (Å²) in [6.45, 7) is 16.6. The molecule has 22 heavy (non-hydrogen) atoms. The fourth-order valence-electron chi connectivity index (χ4n) is 2.52. The van der Waals surface area contributed by atoms with Crippen molar-refractivity contribution in [3.8, 4) is 0 Å². The summed E-state index contributed by atoms with van der Waals surface area (Å²) in [4.78, 5) is 13.0. The molecule has 0 saturated heterocycles. The van der Waals surface area contributed by atoms with Gasteiger partial charge in [0.05, 0.1) is 0 Å². The fourth-order valence-corrected chi connectivity index (χ4v) is 2.52. The lowest BCUT2D eigenvalue weighted by Gasteiger charge is -2.44. The Hall–Kier alpha value is -0.870. The Morgan fingerprint density at radius 3 is 2.23 bits per heavy atom. The van der Waals surface area contributed by atoms with Gasteiger partial charge < -0.3 is 16.0 Å². The van der Waals surface area contributed by atoms with E-state index in [1.54, 1.807) is 0 Å². The van der Waals surface area contributed by atoms with Crippen molar-refractivity contribution in [2.45, 2.75) is 78.9 Å². The molecule has 0 aromatic rings. The smallest absolute Gasteiger partial charge is 0.209 e. The molecule has 0 heterocycles. The highest BCUT2D eigenvalue weighted by Gasteiger charge is 2.38. The topological polar surface area (TPSA) is 58.4 Å². The van der Waals surface area contributed by atoms with Gasteiger partial charge in [-0.25, -0.2) is 0 Å². The van der Waals surface area contributed by atoms with Gasteiger partial charge in [-0.3, -0.25) is 4.79 Å². The van der Waals surface area contributed by atoms with Crippen LogP contribution >= 0.6 is 0 Å². The maximum Gasteiger partial charge on any atom is 0.209 e. The highest BCUT2D eigenvalue weighted by atomic mass is 16.1. The van der Waals surface area contributed by atoms with E-state index >= 15 is 0 Å². The van der Waals surface area contributed by atoms with Crippen LogP contribution in [0, 0.1) is 5.41 Å². The molecule has 130 valence electrons. The number of hydrogen-bond acceptors (Lipinski definition) is 3. The van der Waals surface area contributed by atoms with Crippen molar-refractivity contribution >= 4 is 6.41 Å². The van der Waals surface area contributed by atoms with Gasteiger partial charge >= 0.3 is 0 Å². The standard InChI is InChI=1S/C18H37N3O/c1-8-10-18(7,20-12-9-16(4)19)17(5,6)11-13-21(14-22)15(2)3/h8,10,14-16,20H,9,11-13,19H2,1-7H3. The van der Waals surface area contributed by atoms with Gasteiger partial charge in [0.15, 0.2) is 0 Å². The molecule has 1 amide bonds. The Kier molecular flexibility index (Phi) is 8.94. The van der Waals surface area contributed by atoms with Gasteiger partial charge in [0.1, 0.15) is 0 Å². The van der Waals surface area contributed by atoms with Gasteiger partial charge in [-0.05, 0) is 59.4 Å². The maximum absolute atomic E-state index is 11.2. The third-order valence-electron chi connectivity index (χ3n) is 4.79. The van der Waals surface area contributed by atoms with Crippen LogP contribution in [-0.4, -0.2) is 42.0 Å². The lowest BCUT2D eigenvalue weighted by molar-refractivity contribution is -0.120. The average molecular weight is 312 g/mol. The molecule has 2 atom stereocenters. The first-order chi connectivity index (χ1) is 10.1. The molecule has 0 aliphatic carbocycles. The lowest BCUT2D eigenvalue weighted by Crippen LogP contribution is -2.54. The zero-order chi connectivity index (χ0) is 17.4. The molecule has 0 fully saturated rings. The van der Waals surface area contributed by atoms with Crippen LogP contribution in [0.15, 0.2) is 12.2 Å². The van der Waals surface area contributed by atoms with Crippen molar-refractivity contribution < 1.29 is 4.79 Å². The first kappa shape index (κ1) is 21.1. The highest BCUT2D eigenvalue weighted by Crippen LogP contribution is 2.36. The minimum atomic E-state index is -0.123. The van der Waals surface area contributed by atoms with E-state index in [1.807, 2.05) is 32.6 Å². The number of carbonyl (C=O) groups is 1. The van der Waals surface area contributed by atoms with E-state index in [-0.39, 0.29) is 23.0 Å². The molecule has 3 N–H and O–H groups in total. The summed E-state index contributed by atoms with van der Waals surface area (Å²) in [5.74, 6) is 0. The summed E-state index contributed by atoms with van der Waals surface area (Å²) in [6.07, 6.45) is 7.18. The summed E-state index contributed by atoms with van der Waals surface area (Å²) in [5.41, 5.74) is 5.75. The minimum absolute atomic E-state index is 0.0213. The fraction of sp³-hybridized carbons (Fsp3) is 0.833. The van der Waals surface area contributed by atoms with E-state index in [0.717, 1.165) is 32.3 Å². The van der Waals surface area contributed by atoms with Gasteiger partial charge in [0.2, 0.25) is 6.41 Å². The lowest BCUT2D eigenvalue weighted by atomic mass is 9.70. The molecule has 0 spiro atoms. The van der Waals surface area contributed by atoms with Crippen molar-refractivity contribution in [2.24, 2.45) is 11.1 Å². The van der Waals surface area contributed by atoms with E-state index in [0.29, 0.717) is 0 Å². The molecule has 0 bridgehead atoms. The van der Waals surface area contributed by atoms with Crippen LogP contribution in [-0.2, 0) is 4.79 Å². The van der Waals surface area contributed by atoms with Crippen molar-refractivity contribution in [2.75, 3.05) is 13.1 Å². The number of rotatable bonds is 11. The normalized spacial score (nSPS) is 16.8. The number of allylic oxidation sites excluding steroid dienone is 1. The number of hydrogen-bond donors (Lipinski definition) is 2. The number of nitrogens with one attached hydrogen (secondary N) is 1. The van der Waals surface area contributed by atoms with Gasteiger partial charge in [-0.1, -0.05) is 26.0 Å². The zero-order valence-electron chi connectivity index (χ0n) is 15.6. The number of nitrogens with two attached hydrogens (primary N) is 1. The van der Waals surface area contributed by atoms with Crippen LogP contribution in [0.1, 0.15) is 61.3 Å². The number of carbonyl (C=O) groups excluding carboxylic acids is 1. The molecule has 4 heteroatoms. The second kappa shape index (κ2) is 9.31. The molecular formula is C18H37N3O. The first-order valence-electron chi connectivity index (χ1n) is 8.45. The molecule has 4 nitrogen and oxygen atoms in total. The Bertz CT molecular complexity index is 350. The highest BCUT2D eigenvalue weighted by molar-refractivity contribution is 5.47. The molecule has 0 aliphatic rings. The number of amides is 1. The van der Waals surface area contributed by atoms with Gasteiger partial charge in [0, 0.05) is 24.2 Å². The summed E-state index contributed by atoms with van der Waals surface area (Å²) >= 11 is 0. The van der Waals surface area contributed by atoms with Gasteiger partial charge in [0.25, 0.3) is 0 Å². The summed E-state index contributed by atoms with van der Waals surface area (Å²) < 4.78 is 0. The molecule has 0 aliphatic heterocycles. The maximum atomic E-state index is 11.2. The monoisotopic (exact) mass is 311 g/mol. The Labute approximate surface area is 137 Å². The second-order valence-corrected chi connectivity index (χ2v) is 7.47. The van der Waals surface area contributed by atoms with Crippen molar-refractivity contribution in [3.05, 3.63) is 12.2 Å². The van der Waals surface area contributed by atoms with Crippen LogP contribution in [0.5, 0.6) is 0 Å². The Balaban J connectivity index is 4.91. The van der Waals surface area contributed by atoms with Crippen LogP contribution in [0.4, 0.5) is 0 Å². The third-order valence-corrected chi connectivity index (χ3v) is 4.79. The van der Waals surface area contributed by atoms with Crippen molar-refractivity contribution in [1.29, 1.82) is 0 Å². The van der Waals surface area contributed by atoms with E-state index in [2.05, 4.69) is 38.2 Å². The number of nitrogens with zero attached hydrogens (tertiary/aromatic N) is 1. The van der Waals surface area contributed by atoms with E-state index < -0.39 is 0 Å². The summed E-state index contributed by atoms with van der Waals surface area (Å²) in [6, 6.07) is 0.448. The predicted octanol–water partition coefficient (Wildman–Crippen LogP) is 2.93. The summed E-state index contributed by atoms with van der Waals surface area (Å²) in [5, 5.41) is 3.67. The predicted molar refractivity (Wildman–Crippen MR) is 95.8 cm³/mol. The molecule has 0 saturated carbocycles. The SMILES string of the molecule is CC=CC(C)(NCCC(C)N)C(C)(C)CCN(C=O)C(C)C. The third kappa shape index (κ3) is 6.49. The van der Waals surface area contributed by atoms with Crippen molar-refractivity contribution in [1.82, 2.24) is 10.2 Å². The van der Waals surface area contributed by atoms with Crippen LogP contribution in [0.2, 0.25) is 0 Å².